The van der Waals surface area contributed by atoms with Crippen molar-refractivity contribution in [1.29, 1.82) is 0 Å². The van der Waals surface area contributed by atoms with Crippen LogP contribution in [0.15, 0.2) is 41.9 Å². The van der Waals surface area contributed by atoms with E-state index >= 15 is 0 Å². The number of hydrogen-bond donors (Lipinski definition) is 3. The zero-order valence-electron chi connectivity index (χ0n) is 14.7. The molecule has 28 heavy (non-hydrogen) atoms. The molecule has 3 rings (SSSR count). The Hall–Kier alpha value is -3.63. The number of nitrogen functional groups attached to an aromatic ring is 1. The molecule has 0 unspecified atom stereocenters. The first-order chi connectivity index (χ1) is 13.2. The highest BCUT2D eigenvalue weighted by Crippen LogP contribution is 2.23. The normalized spacial score (nSPS) is 11.9. The topological polar surface area (TPSA) is 110 Å². The molecule has 0 bridgehead atoms. The second kappa shape index (κ2) is 7.55. The number of aromatic nitrogens is 3. The van der Waals surface area contributed by atoms with E-state index in [9.17, 15) is 18.0 Å². The maximum absolute atomic E-state index is 12.1. The molecule has 3 aromatic heterocycles. The first kappa shape index (κ1) is 19.1. The second-order valence-electron chi connectivity index (χ2n) is 5.90. The Labute approximate surface area is 157 Å². The molecule has 3 heterocycles. The van der Waals surface area contributed by atoms with Crippen LogP contribution in [0, 0.1) is 0 Å². The van der Waals surface area contributed by atoms with E-state index in [-0.39, 0.29) is 11.7 Å². The van der Waals surface area contributed by atoms with E-state index in [4.69, 9.17) is 5.73 Å². The molecule has 0 aromatic carbocycles. The quantitative estimate of drug-likeness (QED) is 0.457. The molecule has 1 amide bonds. The Morgan fingerprint density at radius 1 is 1.32 bits per heavy atom. The fourth-order valence-corrected chi connectivity index (χ4v) is 2.41. The van der Waals surface area contributed by atoms with Crippen molar-refractivity contribution in [3.8, 4) is 11.1 Å². The van der Waals surface area contributed by atoms with Gasteiger partial charge in [-0.15, -0.1) is 0 Å². The fraction of sp³-hybridized carbons (Fsp3) is 0.176. The summed E-state index contributed by atoms with van der Waals surface area (Å²) in [7, 11) is 0. The van der Waals surface area contributed by atoms with Gasteiger partial charge in [-0.05, 0) is 18.2 Å². The van der Waals surface area contributed by atoms with Crippen LogP contribution in [-0.4, -0.2) is 39.2 Å². The number of halogens is 3. The van der Waals surface area contributed by atoms with E-state index < -0.39 is 12.7 Å². The number of hydrogen-bond acceptors (Lipinski definition) is 6. The zero-order valence-corrected chi connectivity index (χ0v) is 14.7. The predicted molar refractivity (Wildman–Crippen MR) is 98.8 cm³/mol. The van der Waals surface area contributed by atoms with Crippen LogP contribution in [-0.2, 0) is 4.79 Å². The van der Waals surface area contributed by atoms with E-state index in [1.807, 2.05) is 5.43 Å². The van der Waals surface area contributed by atoms with Crippen molar-refractivity contribution < 1.29 is 18.0 Å². The molecule has 4 N–H and O–H groups in total. The highest BCUT2D eigenvalue weighted by Gasteiger charge is 2.26. The van der Waals surface area contributed by atoms with Crippen molar-refractivity contribution >= 4 is 29.4 Å². The number of carbonyl (C=O) groups excluding carboxylic acids is 1. The lowest BCUT2D eigenvalue weighted by Crippen LogP contribution is -2.25. The molecular weight excluding hydrogens is 375 g/mol. The Bertz CT molecular complexity index is 1040. The van der Waals surface area contributed by atoms with Crippen LogP contribution < -0.4 is 16.5 Å². The van der Waals surface area contributed by atoms with E-state index in [0.717, 1.165) is 5.56 Å². The molecule has 0 spiro atoms. The number of hydrazone groups is 1. The molecule has 11 heteroatoms. The monoisotopic (exact) mass is 391 g/mol. The SMILES string of the molecule is CC(=O)Nc1cn2cc(-c3cnc(N)c(/C=N/NCC(F)(F)F)c3)ccc2n1. The Morgan fingerprint density at radius 3 is 2.82 bits per heavy atom. The average Bonchev–Trinajstić information content (AvgIpc) is 2.99. The number of pyridine rings is 2. The summed E-state index contributed by atoms with van der Waals surface area (Å²) >= 11 is 0. The van der Waals surface area contributed by atoms with E-state index in [1.165, 1.54) is 13.1 Å². The molecule has 3 aromatic rings. The van der Waals surface area contributed by atoms with Gasteiger partial charge in [0.15, 0.2) is 5.82 Å². The molecule has 146 valence electrons. The van der Waals surface area contributed by atoms with Crippen LogP contribution in [0.3, 0.4) is 0 Å². The number of nitrogens with one attached hydrogen (secondary N) is 2. The highest BCUT2D eigenvalue weighted by molar-refractivity contribution is 5.88. The molecule has 0 atom stereocenters. The summed E-state index contributed by atoms with van der Waals surface area (Å²) in [6, 6.07) is 5.22. The highest BCUT2D eigenvalue weighted by atomic mass is 19.4. The molecule has 0 aliphatic rings. The minimum Gasteiger partial charge on any atom is -0.383 e. The summed E-state index contributed by atoms with van der Waals surface area (Å²) in [5.41, 5.74) is 10.1. The van der Waals surface area contributed by atoms with Gasteiger partial charge in [0.2, 0.25) is 5.91 Å². The second-order valence-corrected chi connectivity index (χ2v) is 5.90. The number of anilines is 2. The summed E-state index contributed by atoms with van der Waals surface area (Å²) < 4.78 is 38.2. The molecular formula is C17H16F3N7O. The third kappa shape index (κ3) is 4.75. The van der Waals surface area contributed by atoms with E-state index in [2.05, 4.69) is 20.4 Å². The third-order valence-corrected chi connectivity index (χ3v) is 3.61. The van der Waals surface area contributed by atoms with Gasteiger partial charge in [0.25, 0.3) is 0 Å². The van der Waals surface area contributed by atoms with Crippen LogP contribution in [0.25, 0.3) is 16.8 Å². The summed E-state index contributed by atoms with van der Waals surface area (Å²) in [4.78, 5) is 19.5. The third-order valence-electron chi connectivity index (χ3n) is 3.61. The Morgan fingerprint density at radius 2 is 2.11 bits per heavy atom. The van der Waals surface area contributed by atoms with Crippen molar-refractivity contribution in [2.45, 2.75) is 13.1 Å². The molecule has 0 aliphatic carbocycles. The van der Waals surface area contributed by atoms with E-state index in [0.29, 0.717) is 22.6 Å². The van der Waals surface area contributed by atoms with Gasteiger partial charge < -0.3 is 20.9 Å². The first-order valence-corrected chi connectivity index (χ1v) is 8.06. The number of alkyl halides is 3. The van der Waals surface area contributed by atoms with Gasteiger partial charge in [-0.2, -0.15) is 18.3 Å². The average molecular weight is 391 g/mol. The molecule has 0 fully saturated rings. The molecule has 8 nitrogen and oxygen atoms in total. The van der Waals surface area contributed by atoms with Gasteiger partial charge in [-0.1, -0.05) is 0 Å². The number of nitrogens with zero attached hydrogens (tertiary/aromatic N) is 4. The van der Waals surface area contributed by atoms with Crippen molar-refractivity contribution in [3.63, 3.8) is 0 Å². The molecule has 0 radical (unpaired) electrons. The maximum atomic E-state index is 12.1. The minimum absolute atomic E-state index is 0.137. The largest absolute Gasteiger partial charge is 0.407 e. The van der Waals surface area contributed by atoms with Crippen molar-refractivity contribution in [3.05, 3.63) is 42.4 Å². The van der Waals surface area contributed by atoms with Crippen molar-refractivity contribution in [2.24, 2.45) is 5.10 Å². The van der Waals surface area contributed by atoms with Gasteiger partial charge in [-0.25, -0.2) is 9.97 Å². The van der Waals surface area contributed by atoms with Gasteiger partial charge in [0, 0.05) is 36.0 Å². The summed E-state index contributed by atoms with van der Waals surface area (Å²) in [6.45, 7) is 0.145. The van der Waals surface area contributed by atoms with Crippen molar-refractivity contribution in [1.82, 2.24) is 19.8 Å². The molecule has 0 saturated carbocycles. The lowest BCUT2D eigenvalue weighted by molar-refractivity contribution is -0.124. The van der Waals surface area contributed by atoms with Crippen LogP contribution in [0.4, 0.5) is 24.8 Å². The summed E-state index contributed by atoms with van der Waals surface area (Å²) in [6.07, 6.45) is 1.81. The van der Waals surface area contributed by atoms with Gasteiger partial charge in [0.1, 0.15) is 18.0 Å². The minimum atomic E-state index is -4.36. The van der Waals surface area contributed by atoms with E-state index in [1.54, 1.807) is 41.2 Å². The Kier molecular flexibility index (Phi) is 5.16. The summed E-state index contributed by atoms with van der Waals surface area (Å²) in [5.74, 6) is 0.330. The first-order valence-electron chi connectivity index (χ1n) is 8.06. The molecule has 0 saturated heterocycles. The number of amides is 1. The lowest BCUT2D eigenvalue weighted by atomic mass is 10.1. The Balaban J connectivity index is 1.85. The van der Waals surface area contributed by atoms with Gasteiger partial charge in [-0.3, -0.25) is 4.79 Å². The van der Waals surface area contributed by atoms with Crippen LogP contribution in [0.2, 0.25) is 0 Å². The number of carbonyl (C=O) groups is 1. The van der Waals surface area contributed by atoms with Gasteiger partial charge >= 0.3 is 6.18 Å². The fourth-order valence-electron chi connectivity index (χ4n) is 2.41. The predicted octanol–water partition coefficient (Wildman–Crippen LogP) is 2.42. The summed E-state index contributed by atoms with van der Waals surface area (Å²) in [5, 5.41) is 6.14. The molecule has 0 aliphatic heterocycles. The lowest BCUT2D eigenvalue weighted by Gasteiger charge is -2.07. The zero-order chi connectivity index (χ0) is 20.3. The number of fused-ring (bicyclic) bond motifs is 1. The van der Waals surface area contributed by atoms with Gasteiger partial charge in [0.05, 0.1) is 12.4 Å². The standard InChI is InChI=1S/C17H16F3N7O/c1-10(28)25-14-8-27-7-11(2-3-15(27)26-14)12-4-13(16(21)22-5-12)6-23-24-9-17(18,19)20/h2-8,24H,9H2,1H3,(H2,21,22)(H,25,28)/b23-6+. The van der Waals surface area contributed by atoms with Crippen LogP contribution in [0.1, 0.15) is 12.5 Å². The maximum Gasteiger partial charge on any atom is 0.407 e. The van der Waals surface area contributed by atoms with Crippen molar-refractivity contribution in [2.75, 3.05) is 17.6 Å². The smallest absolute Gasteiger partial charge is 0.383 e. The number of nitrogens with two attached hydrogens (primary N) is 1. The van der Waals surface area contributed by atoms with Crippen LogP contribution in [0.5, 0.6) is 0 Å². The van der Waals surface area contributed by atoms with Crippen LogP contribution >= 0.6 is 0 Å². The number of rotatable bonds is 5. The number of imidazole rings is 1.